The van der Waals surface area contributed by atoms with Gasteiger partial charge in [-0.2, -0.15) is 5.26 Å². The number of amides is 4. The van der Waals surface area contributed by atoms with E-state index in [-0.39, 0.29) is 18.5 Å². The molecule has 7 nitrogen and oxygen atoms in total. The Morgan fingerprint density at radius 1 is 1.17 bits per heavy atom. The van der Waals surface area contributed by atoms with Crippen LogP contribution in [0.2, 0.25) is 0 Å². The minimum Gasteiger partial charge on any atom is -0.319 e. The van der Waals surface area contributed by atoms with Crippen molar-refractivity contribution < 1.29 is 14.4 Å². The lowest BCUT2D eigenvalue weighted by Crippen LogP contribution is -2.46. The number of nitriles is 1. The number of carbonyl (C=O) groups is 3. The molecule has 2 aromatic carbocycles. The molecule has 1 N–H and O–H groups in total. The maximum atomic E-state index is 13.1. The Morgan fingerprint density at radius 2 is 1.86 bits per heavy atom. The molecule has 7 heteroatoms. The molecular weight excluding hydrogens is 368 g/mol. The third-order valence-corrected chi connectivity index (χ3v) is 4.96. The summed E-state index contributed by atoms with van der Waals surface area (Å²) in [5, 5.41) is 11.8. The zero-order valence-electron chi connectivity index (χ0n) is 16.5. The maximum Gasteiger partial charge on any atom is 0.325 e. The number of hydrogen-bond acceptors (Lipinski definition) is 4. The van der Waals surface area contributed by atoms with Crippen molar-refractivity contribution in [3.05, 3.63) is 65.7 Å². The average Bonchev–Trinajstić information content (AvgIpc) is 2.92. The fourth-order valence-electron chi connectivity index (χ4n) is 3.47. The van der Waals surface area contributed by atoms with E-state index in [9.17, 15) is 14.4 Å². The summed E-state index contributed by atoms with van der Waals surface area (Å²) < 4.78 is 0. The number of carbonyl (C=O) groups excluding carboxylic acids is 3. The minimum atomic E-state index is -1.33. The highest BCUT2D eigenvalue weighted by Gasteiger charge is 2.49. The van der Waals surface area contributed by atoms with E-state index in [1.807, 2.05) is 38.1 Å². The molecule has 0 spiro atoms. The first-order valence-corrected chi connectivity index (χ1v) is 9.30. The van der Waals surface area contributed by atoms with E-state index in [1.165, 1.54) is 0 Å². The van der Waals surface area contributed by atoms with Crippen LogP contribution >= 0.6 is 0 Å². The van der Waals surface area contributed by atoms with Crippen LogP contribution in [0.5, 0.6) is 0 Å². The molecule has 0 bridgehead atoms. The topological polar surface area (TPSA) is 93.5 Å². The first-order valence-electron chi connectivity index (χ1n) is 9.30. The molecule has 0 aliphatic carbocycles. The monoisotopic (exact) mass is 390 g/mol. The van der Waals surface area contributed by atoms with E-state index < -0.39 is 17.5 Å². The van der Waals surface area contributed by atoms with Gasteiger partial charge in [0, 0.05) is 11.7 Å². The van der Waals surface area contributed by atoms with Crippen LogP contribution in [0, 0.1) is 11.3 Å². The van der Waals surface area contributed by atoms with Crippen molar-refractivity contribution in [2.24, 2.45) is 0 Å². The molecule has 1 saturated heterocycles. The Bertz CT molecular complexity index is 997. The van der Waals surface area contributed by atoms with E-state index in [1.54, 1.807) is 48.2 Å². The highest BCUT2D eigenvalue weighted by Crippen LogP contribution is 2.29. The molecule has 1 unspecified atom stereocenters. The second-order valence-electron chi connectivity index (χ2n) is 7.33. The molecule has 0 saturated carbocycles. The predicted molar refractivity (Wildman–Crippen MR) is 108 cm³/mol. The van der Waals surface area contributed by atoms with Gasteiger partial charge in [-0.1, -0.05) is 30.3 Å². The number of benzene rings is 2. The van der Waals surface area contributed by atoms with Crippen molar-refractivity contribution in [2.45, 2.75) is 32.4 Å². The minimum absolute atomic E-state index is 0.149. The van der Waals surface area contributed by atoms with Gasteiger partial charge in [0.05, 0.1) is 11.6 Å². The van der Waals surface area contributed by atoms with Crippen LogP contribution < -0.4 is 10.2 Å². The van der Waals surface area contributed by atoms with Crippen LogP contribution in [0.25, 0.3) is 0 Å². The number of urea groups is 1. The smallest absolute Gasteiger partial charge is 0.319 e. The summed E-state index contributed by atoms with van der Waals surface area (Å²) >= 11 is 0. The van der Waals surface area contributed by atoms with Gasteiger partial charge in [-0.05, 0) is 50.6 Å². The van der Waals surface area contributed by atoms with Gasteiger partial charge in [0.25, 0.3) is 5.91 Å². The molecule has 1 atom stereocenters. The van der Waals surface area contributed by atoms with Gasteiger partial charge < -0.3 is 10.2 Å². The second-order valence-corrected chi connectivity index (χ2v) is 7.33. The molecule has 0 radical (unpaired) electrons. The molecular formula is C22H22N4O3. The van der Waals surface area contributed by atoms with Crippen LogP contribution in [0.3, 0.4) is 0 Å². The van der Waals surface area contributed by atoms with E-state index in [2.05, 4.69) is 5.32 Å². The third kappa shape index (κ3) is 3.69. The highest BCUT2D eigenvalue weighted by atomic mass is 16.2. The van der Waals surface area contributed by atoms with Crippen molar-refractivity contribution in [2.75, 3.05) is 11.4 Å². The number of hydrogen-bond donors (Lipinski definition) is 1. The Balaban J connectivity index is 1.86. The Kier molecular flexibility index (Phi) is 5.37. The fourth-order valence-corrected chi connectivity index (χ4v) is 3.47. The molecule has 1 aliphatic rings. The molecule has 1 fully saturated rings. The molecule has 2 aromatic rings. The van der Waals surface area contributed by atoms with Gasteiger partial charge in [0.1, 0.15) is 12.1 Å². The molecule has 4 amide bonds. The lowest BCUT2D eigenvalue weighted by Gasteiger charge is -2.28. The van der Waals surface area contributed by atoms with Crippen molar-refractivity contribution in [1.29, 1.82) is 5.26 Å². The standard InChI is InChI=1S/C22H22N4O3/c1-15(2)26(18-10-5-4-6-11-18)19(27)14-25-20(28)22(3,24-21(25)29)17-9-7-8-16(12-17)13-23/h4-12,15H,14H2,1-3H3,(H,24,29). The van der Waals surface area contributed by atoms with Gasteiger partial charge in [0.15, 0.2) is 0 Å². The first kappa shape index (κ1) is 20.1. The van der Waals surface area contributed by atoms with Crippen molar-refractivity contribution in [3.8, 4) is 6.07 Å². The van der Waals surface area contributed by atoms with E-state index >= 15 is 0 Å². The van der Waals surface area contributed by atoms with Crippen LogP contribution in [-0.4, -0.2) is 35.3 Å². The number of rotatable bonds is 5. The first-order chi connectivity index (χ1) is 13.8. The van der Waals surface area contributed by atoms with E-state index in [0.717, 1.165) is 4.90 Å². The number of nitrogens with one attached hydrogen (secondary N) is 1. The summed E-state index contributed by atoms with van der Waals surface area (Å²) in [4.78, 5) is 41.1. The summed E-state index contributed by atoms with van der Waals surface area (Å²) in [7, 11) is 0. The van der Waals surface area contributed by atoms with Crippen molar-refractivity contribution in [3.63, 3.8) is 0 Å². The number of anilines is 1. The van der Waals surface area contributed by atoms with Gasteiger partial charge in [-0.25, -0.2) is 4.79 Å². The molecule has 0 aromatic heterocycles. The fraction of sp³-hybridized carbons (Fsp3) is 0.273. The maximum absolute atomic E-state index is 13.1. The Morgan fingerprint density at radius 3 is 2.48 bits per heavy atom. The van der Waals surface area contributed by atoms with Crippen molar-refractivity contribution >= 4 is 23.5 Å². The molecule has 3 rings (SSSR count). The SMILES string of the molecule is CC(C)N(C(=O)CN1C(=O)NC(C)(c2cccc(C#N)c2)C1=O)c1ccccc1. The number of para-hydroxylation sites is 1. The molecule has 148 valence electrons. The van der Waals surface area contributed by atoms with Gasteiger partial charge in [-0.3, -0.25) is 14.5 Å². The average molecular weight is 390 g/mol. The van der Waals surface area contributed by atoms with Crippen molar-refractivity contribution in [1.82, 2.24) is 10.2 Å². The highest BCUT2D eigenvalue weighted by molar-refractivity contribution is 6.10. The predicted octanol–water partition coefficient (Wildman–Crippen LogP) is 2.77. The number of nitrogens with zero attached hydrogens (tertiary/aromatic N) is 3. The molecule has 29 heavy (non-hydrogen) atoms. The summed E-state index contributed by atoms with van der Waals surface area (Å²) in [5.41, 5.74) is 0.243. The summed E-state index contributed by atoms with van der Waals surface area (Å²) in [6, 6.07) is 16.9. The van der Waals surface area contributed by atoms with Crippen LogP contribution in [0.1, 0.15) is 31.9 Å². The van der Waals surface area contributed by atoms with E-state index in [4.69, 9.17) is 5.26 Å². The van der Waals surface area contributed by atoms with Crippen LogP contribution in [0.4, 0.5) is 10.5 Å². The zero-order chi connectivity index (χ0) is 21.2. The molecule has 1 aliphatic heterocycles. The van der Waals surface area contributed by atoms with Gasteiger partial charge in [-0.15, -0.1) is 0 Å². The zero-order valence-corrected chi connectivity index (χ0v) is 16.5. The van der Waals surface area contributed by atoms with E-state index in [0.29, 0.717) is 16.8 Å². The Hall–Kier alpha value is -3.66. The third-order valence-electron chi connectivity index (χ3n) is 4.96. The van der Waals surface area contributed by atoms with Crippen LogP contribution in [-0.2, 0) is 15.1 Å². The summed E-state index contributed by atoms with van der Waals surface area (Å²) in [6.07, 6.45) is 0. The summed E-state index contributed by atoms with van der Waals surface area (Å²) in [5.74, 6) is -0.882. The normalized spacial score (nSPS) is 18.5. The Labute approximate surface area is 169 Å². The number of imide groups is 1. The largest absolute Gasteiger partial charge is 0.325 e. The summed E-state index contributed by atoms with van der Waals surface area (Å²) in [6.45, 7) is 4.94. The van der Waals surface area contributed by atoms with Gasteiger partial charge >= 0.3 is 6.03 Å². The quantitative estimate of drug-likeness (QED) is 0.795. The molecule has 1 heterocycles. The van der Waals surface area contributed by atoms with Crippen LogP contribution in [0.15, 0.2) is 54.6 Å². The van der Waals surface area contributed by atoms with Gasteiger partial charge in [0.2, 0.25) is 5.91 Å². The lowest BCUT2D eigenvalue weighted by atomic mass is 9.91. The lowest BCUT2D eigenvalue weighted by molar-refractivity contribution is -0.134. The second kappa shape index (κ2) is 7.76.